The van der Waals surface area contributed by atoms with Crippen LogP contribution in [-0.2, 0) is 0 Å². The first-order chi connectivity index (χ1) is 7.86. The third-order valence-corrected chi connectivity index (χ3v) is 2.32. The Morgan fingerprint density at radius 3 is 3.19 bits per heavy atom. The van der Waals surface area contributed by atoms with Crippen molar-refractivity contribution in [2.75, 3.05) is 11.9 Å². The molecule has 5 heteroatoms. The molecule has 0 atom stereocenters. The fraction of sp³-hybridized carbons (Fsp3) is 0.364. The molecule has 0 unspecified atom stereocenters. The standard InChI is InChI=1S/C11H13N5/c1-2-3-6-13-11-9(8-12)16-10(15-11)5-4-7-14-16/h4-5,7,13H,2-3,6H2,1H3. The fourth-order valence-corrected chi connectivity index (χ4v) is 1.50. The summed E-state index contributed by atoms with van der Waals surface area (Å²) < 4.78 is 1.55. The number of fused-ring (bicyclic) bond motifs is 1. The first kappa shape index (κ1) is 10.4. The van der Waals surface area contributed by atoms with Gasteiger partial charge in [0.25, 0.3) is 0 Å². The van der Waals surface area contributed by atoms with Crippen LogP contribution in [0.25, 0.3) is 5.65 Å². The maximum atomic E-state index is 9.07. The molecule has 2 rings (SSSR count). The van der Waals surface area contributed by atoms with Crippen molar-refractivity contribution in [2.24, 2.45) is 0 Å². The van der Waals surface area contributed by atoms with E-state index >= 15 is 0 Å². The SMILES string of the molecule is CCCCNc1nc2cccnn2c1C#N. The predicted molar refractivity (Wildman–Crippen MR) is 61.1 cm³/mol. The summed E-state index contributed by atoms with van der Waals surface area (Å²) in [6.07, 6.45) is 3.82. The Bertz CT molecular complexity index is 523. The monoisotopic (exact) mass is 215 g/mol. The van der Waals surface area contributed by atoms with Gasteiger partial charge in [-0.2, -0.15) is 10.4 Å². The van der Waals surface area contributed by atoms with Crippen LogP contribution in [0, 0.1) is 11.3 Å². The molecule has 0 spiro atoms. The number of anilines is 1. The molecule has 0 fully saturated rings. The van der Waals surface area contributed by atoms with E-state index in [4.69, 9.17) is 5.26 Å². The second-order valence-corrected chi connectivity index (χ2v) is 3.49. The Morgan fingerprint density at radius 1 is 1.56 bits per heavy atom. The van der Waals surface area contributed by atoms with Gasteiger partial charge in [-0.15, -0.1) is 0 Å². The smallest absolute Gasteiger partial charge is 0.186 e. The molecule has 5 nitrogen and oxygen atoms in total. The number of nitrogens with zero attached hydrogens (tertiary/aromatic N) is 4. The van der Waals surface area contributed by atoms with E-state index in [1.807, 2.05) is 6.07 Å². The highest BCUT2D eigenvalue weighted by Gasteiger charge is 2.11. The Morgan fingerprint density at radius 2 is 2.44 bits per heavy atom. The van der Waals surface area contributed by atoms with Gasteiger partial charge in [-0.1, -0.05) is 13.3 Å². The zero-order chi connectivity index (χ0) is 11.4. The van der Waals surface area contributed by atoms with Crippen molar-refractivity contribution < 1.29 is 0 Å². The van der Waals surface area contributed by atoms with Crippen molar-refractivity contribution in [1.82, 2.24) is 14.6 Å². The molecule has 0 aliphatic rings. The zero-order valence-corrected chi connectivity index (χ0v) is 9.14. The van der Waals surface area contributed by atoms with Gasteiger partial charge >= 0.3 is 0 Å². The van der Waals surface area contributed by atoms with Gasteiger partial charge in [0.2, 0.25) is 0 Å². The minimum absolute atomic E-state index is 0.465. The summed E-state index contributed by atoms with van der Waals surface area (Å²) in [6.45, 7) is 2.95. The van der Waals surface area contributed by atoms with Crippen molar-refractivity contribution >= 4 is 11.5 Å². The van der Waals surface area contributed by atoms with Crippen molar-refractivity contribution in [3.05, 3.63) is 24.0 Å². The number of hydrogen-bond donors (Lipinski definition) is 1. The molecular formula is C11H13N5. The second-order valence-electron chi connectivity index (χ2n) is 3.49. The molecule has 2 heterocycles. The lowest BCUT2D eigenvalue weighted by molar-refractivity contribution is 0.831. The molecule has 16 heavy (non-hydrogen) atoms. The molecule has 0 saturated heterocycles. The molecule has 82 valence electrons. The summed E-state index contributed by atoms with van der Waals surface area (Å²) in [6, 6.07) is 5.76. The van der Waals surface area contributed by atoms with Gasteiger partial charge in [0.05, 0.1) is 0 Å². The predicted octanol–water partition coefficient (Wildman–Crippen LogP) is 1.81. The molecule has 0 bridgehead atoms. The lowest BCUT2D eigenvalue weighted by Crippen LogP contribution is -2.03. The number of aromatic nitrogens is 3. The maximum Gasteiger partial charge on any atom is 0.186 e. The van der Waals surface area contributed by atoms with Crippen LogP contribution in [0.2, 0.25) is 0 Å². The summed E-state index contributed by atoms with van der Waals surface area (Å²) in [5.41, 5.74) is 1.16. The minimum atomic E-state index is 0.465. The van der Waals surface area contributed by atoms with Crippen LogP contribution < -0.4 is 5.32 Å². The van der Waals surface area contributed by atoms with E-state index in [2.05, 4.69) is 28.4 Å². The van der Waals surface area contributed by atoms with E-state index in [-0.39, 0.29) is 0 Å². The number of unbranched alkanes of at least 4 members (excludes halogenated alkanes) is 1. The lowest BCUT2D eigenvalue weighted by atomic mass is 10.3. The van der Waals surface area contributed by atoms with Crippen molar-refractivity contribution in [3.8, 4) is 6.07 Å². The Labute approximate surface area is 93.7 Å². The van der Waals surface area contributed by atoms with E-state index in [0.717, 1.165) is 19.4 Å². The van der Waals surface area contributed by atoms with Crippen LogP contribution in [0.5, 0.6) is 0 Å². The zero-order valence-electron chi connectivity index (χ0n) is 9.14. The van der Waals surface area contributed by atoms with Gasteiger partial charge < -0.3 is 5.32 Å². The van der Waals surface area contributed by atoms with Crippen LogP contribution in [0.15, 0.2) is 18.3 Å². The van der Waals surface area contributed by atoms with Gasteiger partial charge in [0.15, 0.2) is 17.2 Å². The second kappa shape index (κ2) is 4.62. The normalized spacial score (nSPS) is 10.2. The van der Waals surface area contributed by atoms with Gasteiger partial charge in [-0.3, -0.25) is 0 Å². The molecule has 0 radical (unpaired) electrons. The summed E-state index contributed by atoms with van der Waals surface area (Å²) in [7, 11) is 0. The minimum Gasteiger partial charge on any atom is -0.368 e. The maximum absolute atomic E-state index is 9.07. The van der Waals surface area contributed by atoms with Crippen LogP contribution in [0.1, 0.15) is 25.5 Å². The molecule has 0 aliphatic carbocycles. The first-order valence-electron chi connectivity index (χ1n) is 5.34. The van der Waals surface area contributed by atoms with E-state index in [0.29, 0.717) is 17.2 Å². The first-order valence-corrected chi connectivity index (χ1v) is 5.34. The Hall–Kier alpha value is -2.09. The van der Waals surface area contributed by atoms with Crippen molar-refractivity contribution in [2.45, 2.75) is 19.8 Å². The summed E-state index contributed by atoms with van der Waals surface area (Å²) >= 11 is 0. The van der Waals surface area contributed by atoms with E-state index in [1.165, 1.54) is 0 Å². The van der Waals surface area contributed by atoms with Gasteiger partial charge in [-0.05, 0) is 18.6 Å². The molecule has 0 aromatic carbocycles. The molecule has 2 aromatic rings. The average Bonchev–Trinajstić information content (AvgIpc) is 2.67. The van der Waals surface area contributed by atoms with Crippen LogP contribution in [-0.4, -0.2) is 21.1 Å². The molecule has 0 aliphatic heterocycles. The number of nitrogens with one attached hydrogen (secondary N) is 1. The molecule has 1 N–H and O–H groups in total. The topological polar surface area (TPSA) is 66.0 Å². The van der Waals surface area contributed by atoms with E-state index in [1.54, 1.807) is 16.8 Å². The lowest BCUT2D eigenvalue weighted by Gasteiger charge is -2.00. The summed E-state index contributed by atoms with van der Waals surface area (Å²) in [4.78, 5) is 4.32. The third-order valence-electron chi connectivity index (χ3n) is 2.32. The Balaban J connectivity index is 2.34. The van der Waals surface area contributed by atoms with Crippen molar-refractivity contribution in [1.29, 1.82) is 5.26 Å². The van der Waals surface area contributed by atoms with Gasteiger partial charge in [0.1, 0.15) is 6.07 Å². The van der Waals surface area contributed by atoms with Crippen molar-refractivity contribution in [3.63, 3.8) is 0 Å². The molecule has 0 amide bonds. The fourth-order valence-electron chi connectivity index (χ4n) is 1.50. The quantitative estimate of drug-likeness (QED) is 0.790. The largest absolute Gasteiger partial charge is 0.368 e. The van der Waals surface area contributed by atoms with E-state index < -0.39 is 0 Å². The number of rotatable bonds is 4. The van der Waals surface area contributed by atoms with Crippen LogP contribution in [0.3, 0.4) is 0 Å². The highest BCUT2D eigenvalue weighted by atomic mass is 15.3. The highest BCUT2D eigenvalue weighted by molar-refractivity contribution is 5.57. The van der Waals surface area contributed by atoms with Gasteiger partial charge in [-0.25, -0.2) is 9.50 Å². The van der Waals surface area contributed by atoms with E-state index in [9.17, 15) is 0 Å². The van der Waals surface area contributed by atoms with Gasteiger partial charge in [0, 0.05) is 12.7 Å². The summed E-state index contributed by atoms with van der Waals surface area (Å²) in [5.74, 6) is 0.620. The number of imidazole rings is 1. The number of hydrogen-bond acceptors (Lipinski definition) is 4. The molecular weight excluding hydrogens is 202 g/mol. The number of nitriles is 1. The average molecular weight is 215 g/mol. The molecule has 2 aromatic heterocycles. The third kappa shape index (κ3) is 1.82. The summed E-state index contributed by atoms with van der Waals surface area (Å²) in [5, 5.41) is 16.3. The van der Waals surface area contributed by atoms with Crippen LogP contribution in [0.4, 0.5) is 5.82 Å². The van der Waals surface area contributed by atoms with Crippen LogP contribution >= 0.6 is 0 Å². The molecule has 0 saturated carbocycles. The Kier molecular flexibility index (Phi) is 3.01. The highest BCUT2D eigenvalue weighted by Crippen LogP contribution is 2.14.